The van der Waals surface area contributed by atoms with E-state index in [4.69, 9.17) is 14.2 Å². The van der Waals surface area contributed by atoms with Crippen molar-refractivity contribution in [3.63, 3.8) is 0 Å². The van der Waals surface area contributed by atoms with Gasteiger partial charge in [-0.1, -0.05) is 6.58 Å². The van der Waals surface area contributed by atoms with Gasteiger partial charge in [-0.25, -0.2) is 4.79 Å². The van der Waals surface area contributed by atoms with E-state index in [0.29, 0.717) is 25.9 Å². The summed E-state index contributed by atoms with van der Waals surface area (Å²) in [5, 5.41) is 9.43. The van der Waals surface area contributed by atoms with E-state index in [2.05, 4.69) is 11.3 Å². The molecular weight excluding hydrogens is 252 g/mol. The lowest BCUT2D eigenvalue weighted by atomic mass is 10.3. The molecule has 2 unspecified atom stereocenters. The molecule has 6 nitrogen and oxygen atoms in total. The van der Waals surface area contributed by atoms with E-state index in [1.165, 1.54) is 0 Å². The number of esters is 1. The number of rotatable bonds is 12. The smallest absolute Gasteiger partial charge is 0.330 e. The molecule has 0 amide bonds. The number of epoxide rings is 1. The summed E-state index contributed by atoms with van der Waals surface area (Å²) in [6.07, 6.45) is 2.34. The second-order valence-corrected chi connectivity index (χ2v) is 4.30. The third-order valence-corrected chi connectivity index (χ3v) is 2.43. The maximum absolute atomic E-state index is 10.7. The Morgan fingerprint density at radius 3 is 2.68 bits per heavy atom. The summed E-state index contributed by atoms with van der Waals surface area (Å²) in [4.78, 5) is 10.7. The van der Waals surface area contributed by atoms with Crippen molar-refractivity contribution in [2.24, 2.45) is 0 Å². The Labute approximate surface area is 113 Å². The van der Waals surface area contributed by atoms with Crippen molar-refractivity contribution >= 4 is 5.97 Å². The second kappa shape index (κ2) is 9.91. The lowest BCUT2D eigenvalue weighted by Crippen LogP contribution is -2.23. The number of hydrogen-bond donors (Lipinski definition) is 1. The van der Waals surface area contributed by atoms with Crippen molar-refractivity contribution in [3.05, 3.63) is 12.7 Å². The van der Waals surface area contributed by atoms with E-state index in [-0.39, 0.29) is 13.2 Å². The van der Waals surface area contributed by atoms with Crippen molar-refractivity contribution < 1.29 is 28.8 Å². The number of aliphatic hydroxyl groups is 1. The van der Waals surface area contributed by atoms with Gasteiger partial charge >= 0.3 is 5.97 Å². The largest absolute Gasteiger partial charge is 0.460 e. The summed E-state index contributed by atoms with van der Waals surface area (Å²) in [5.74, 6) is -0.546. The van der Waals surface area contributed by atoms with E-state index in [9.17, 15) is 9.90 Å². The highest BCUT2D eigenvalue weighted by Crippen LogP contribution is 2.08. The van der Waals surface area contributed by atoms with Crippen LogP contribution in [0.4, 0.5) is 0 Å². The first-order chi connectivity index (χ1) is 9.22. The van der Waals surface area contributed by atoms with Gasteiger partial charge in [0.1, 0.15) is 18.8 Å². The SMILES string of the molecule is C=CC(=O)OCC(O)COCCCCOCC1CO1. The molecule has 0 saturated carbocycles. The van der Waals surface area contributed by atoms with Crippen LogP contribution < -0.4 is 0 Å². The zero-order valence-electron chi connectivity index (χ0n) is 11.1. The van der Waals surface area contributed by atoms with Crippen LogP contribution in [0, 0.1) is 0 Å². The highest BCUT2D eigenvalue weighted by Gasteiger charge is 2.21. The van der Waals surface area contributed by atoms with Crippen molar-refractivity contribution in [1.82, 2.24) is 0 Å². The number of aliphatic hydroxyl groups excluding tert-OH is 1. The van der Waals surface area contributed by atoms with Crippen molar-refractivity contribution in [1.29, 1.82) is 0 Å². The van der Waals surface area contributed by atoms with Crippen molar-refractivity contribution in [2.45, 2.75) is 25.0 Å². The molecule has 0 aromatic rings. The van der Waals surface area contributed by atoms with Gasteiger partial charge in [-0.2, -0.15) is 0 Å². The molecule has 6 heteroatoms. The summed E-state index contributed by atoms with van der Waals surface area (Å²) >= 11 is 0. The van der Waals surface area contributed by atoms with Gasteiger partial charge in [0.15, 0.2) is 0 Å². The Kier molecular flexibility index (Phi) is 8.40. The van der Waals surface area contributed by atoms with Crippen LogP contribution in [0.1, 0.15) is 12.8 Å². The molecule has 0 radical (unpaired) electrons. The normalized spacial score (nSPS) is 18.9. The first kappa shape index (κ1) is 16.1. The molecule has 1 heterocycles. The lowest BCUT2D eigenvalue weighted by molar-refractivity contribution is -0.141. The average molecular weight is 274 g/mol. The maximum Gasteiger partial charge on any atom is 0.330 e. The van der Waals surface area contributed by atoms with Crippen LogP contribution in [0.3, 0.4) is 0 Å². The molecule has 0 aliphatic carbocycles. The second-order valence-electron chi connectivity index (χ2n) is 4.30. The van der Waals surface area contributed by atoms with Gasteiger partial charge < -0.3 is 24.1 Å². The van der Waals surface area contributed by atoms with Crippen LogP contribution in [-0.4, -0.2) is 62.9 Å². The van der Waals surface area contributed by atoms with E-state index in [1.54, 1.807) is 0 Å². The molecule has 1 N–H and O–H groups in total. The monoisotopic (exact) mass is 274 g/mol. The van der Waals surface area contributed by atoms with E-state index >= 15 is 0 Å². The molecule has 1 rings (SSSR count). The molecular formula is C13H22O6. The van der Waals surface area contributed by atoms with Gasteiger partial charge in [0.2, 0.25) is 0 Å². The first-order valence-electron chi connectivity index (χ1n) is 6.46. The Morgan fingerprint density at radius 1 is 1.37 bits per heavy atom. The molecule has 19 heavy (non-hydrogen) atoms. The predicted octanol–water partition coefficient (Wildman–Crippen LogP) is 0.289. The molecule has 0 aromatic heterocycles. The van der Waals surface area contributed by atoms with Crippen molar-refractivity contribution in [2.75, 3.05) is 39.6 Å². The molecule has 2 atom stereocenters. The van der Waals surface area contributed by atoms with Crippen LogP contribution in [0.15, 0.2) is 12.7 Å². The van der Waals surface area contributed by atoms with Crippen molar-refractivity contribution in [3.8, 4) is 0 Å². The fourth-order valence-electron chi connectivity index (χ4n) is 1.29. The Bertz CT molecular complexity index is 264. The third kappa shape index (κ3) is 9.61. The highest BCUT2D eigenvalue weighted by molar-refractivity contribution is 5.81. The molecule has 1 fully saturated rings. The van der Waals surface area contributed by atoms with Crippen LogP contribution in [-0.2, 0) is 23.7 Å². The maximum atomic E-state index is 10.7. The lowest BCUT2D eigenvalue weighted by Gasteiger charge is -2.11. The molecule has 1 aliphatic rings. The fourth-order valence-corrected chi connectivity index (χ4v) is 1.29. The van der Waals surface area contributed by atoms with Gasteiger partial charge in [-0.05, 0) is 12.8 Å². The van der Waals surface area contributed by atoms with E-state index in [1.807, 2.05) is 0 Å². The average Bonchev–Trinajstić information content (AvgIpc) is 3.23. The Balaban J connectivity index is 1.78. The fraction of sp³-hybridized carbons (Fsp3) is 0.769. The summed E-state index contributed by atoms with van der Waals surface area (Å²) in [6.45, 7) is 6.08. The molecule has 1 aliphatic heterocycles. The number of ether oxygens (including phenoxy) is 4. The molecule has 110 valence electrons. The summed E-state index contributed by atoms with van der Waals surface area (Å²) < 4.78 is 20.3. The third-order valence-electron chi connectivity index (χ3n) is 2.43. The molecule has 1 saturated heterocycles. The zero-order valence-corrected chi connectivity index (χ0v) is 11.1. The number of carbonyl (C=O) groups excluding carboxylic acids is 1. The standard InChI is InChI=1S/C13H22O6/c1-2-13(15)19-8-11(14)7-16-5-3-4-6-17-9-12-10-18-12/h2,11-12,14H,1,3-10H2. The minimum atomic E-state index is -0.799. The summed E-state index contributed by atoms with van der Waals surface area (Å²) in [5.41, 5.74) is 0. The quantitative estimate of drug-likeness (QED) is 0.238. The van der Waals surface area contributed by atoms with Crippen LogP contribution >= 0.6 is 0 Å². The van der Waals surface area contributed by atoms with Gasteiger partial charge in [-0.3, -0.25) is 0 Å². The first-order valence-corrected chi connectivity index (χ1v) is 6.46. The van der Waals surface area contributed by atoms with E-state index < -0.39 is 12.1 Å². The predicted molar refractivity (Wildman–Crippen MR) is 67.8 cm³/mol. The van der Waals surface area contributed by atoms with Gasteiger partial charge in [0.05, 0.1) is 19.8 Å². The molecule has 0 bridgehead atoms. The van der Waals surface area contributed by atoms with Crippen LogP contribution in [0.2, 0.25) is 0 Å². The number of hydrogen-bond acceptors (Lipinski definition) is 6. The highest BCUT2D eigenvalue weighted by atomic mass is 16.6. The van der Waals surface area contributed by atoms with Crippen LogP contribution in [0.25, 0.3) is 0 Å². The van der Waals surface area contributed by atoms with Gasteiger partial charge in [0.25, 0.3) is 0 Å². The molecule has 0 aromatic carbocycles. The summed E-state index contributed by atoms with van der Waals surface area (Å²) in [6, 6.07) is 0. The Morgan fingerprint density at radius 2 is 2.05 bits per heavy atom. The number of carbonyl (C=O) groups is 1. The van der Waals surface area contributed by atoms with Gasteiger partial charge in [0, 0.05) is 19.3 Å². The Hall–Kier alpha value is -0.950. The van der Waals surface area contributed by atoms with E-state index in [0.717, 1.165) is 25.5 Å². The zero-order chi connectivity index (χ0) is 13.9. The minimum Gasteiger partial charge on any atom is -0.460 e. The topological polar surface area (TPSA) is 77.5 Å². The van der Waals surface area contributed by atoms with Crippen LogP contribution in [0.5, 0.6) is 0 Å². The molecule has 0 spiro atoms. The minimum absolute atomic E-state index is 0.0741. The van der Waals surface area contributed by atoms with Gasteiger partial charge in [-0.15, -0.1) is 0 Å². The summed E-state index contributed by atoms with van der Waals surface area (Å²) in [7, 11) is 0. The number of unbranched alkanes of at least 4 members (excludes halogenated alkanes) is 1.